The number of rotatable bonds is 6. The van der Waals surface area contributed by atoms with Gasteiger partial charge in [-0.1, -0.05) is 25.3 Å². The van der Waals surface area contributed by atoms with Crippen LogP contribution >= 0.6 is 0 Å². The van der Waals surface area contributed by atoms with Gasteiger partial charge in [0.05, 0.1) is 18.7 Å². The van der Waals surface area contributed by atoms with Gasteiger partial charge in [0.15, 0.2) is 0 Å². The third kappa shape index (κ3) is 4.68. The maximum absolute atomic E-state index is 12.9. The molecule has 1 unspecified atom stereocenters. The zero-order valence-corrected chi connectivity index (χ0v) is 16.1. The number of aliphatic hydroxyl groups is 1. The monoisotopic (exact) mass is 373 g/mol. The standard InChI is InChI=1S/C21H31N3O3/c1-14(25)12-23-13-19(26)24-10-9-16-11-17(21(22)27)7-8-18(16)20(24)15-5-3-2-4-6-15/h7-8,11,14-15,20,23,25H,2-6,9-10,12-13H2,1H3,(H2,22,27)/t14-,20?/m1/s1. The number of amides is 2. The zero-order chi connectivity index (χ0) is 19.4. The van der Waals surface area contributed by atoms with E-state index in [9.17, 15) is 14.7 Å². The summed E-state index contributed by atoms with van der Waals surface area (Å²) in [6.45, 7) is 3.01. The number of carbonyl (C=O) groups excluding carboxylic acids is 2. The summed E-state index contributed by atoms with van der Waals surface area (Å²) in [5, 5.41) is 12.5. The highest BCUT2D eigenvalue weighted by Crippen LogP contribution is 2.42. The predicted octanol–water partition coefficient (Wildman–Crippen LogP) is 1.76. The van der Waals surface area contributed by atoms with Crippen LogP contribution in [0.25, 0.3) is 0 Å². The smallest absolute Gasteiger partial charge is 0.248 e. The fourth-order valence-electron chi connectivity index (χ4n) is 4.54. The number of benzene rings is 1. The van der Waals surface area contributed by atoms with Crippen LogP contribution in [0.1, 0.15) is 66.6 Å². The third-order valence-corrected chi connectivity index (χ3v) is 5.84. The summed E-state index contributed by atoms with van der Waals surface area (Å²) in [6, 6.07) is 5.76. The maximum Gasteiger partial charge on any atom is 0.248 e. The van der Waals surface area contributed by atoms with Crippen molar-refractivity contribution in [1.82, 2.24) is 10.2 Å². The van der Waals surface area contributed by atoms with Crippen molar-refractivity contribution in [2.24, 2.45) is 11.7 Å². The minimum absolute atomic E-state index is 0.0665. The molecule has 1 heterocycles. The average molecular weight is 373 g/mol. The van der Waals surface area contributed by atoms with E-state index in [1.807, 2.05) is 17.0 Å². The first-order chi connectivity index (χ1) is 13.0. The lowest BCUT2D eigenvalue weighted by Gasteiger charge is -2.43. The van der Waals surface area contributed by atoms with Gasteiger partial charge in [-0.3, -0.25) is 9.59 Å². The Balaban J connectivity index is 1.85. The van der Waals surface area contributed by atoms with E-state index in [0.29, 0.717) is 24.6 Å². The molecule has 0 radical (unpaired) electrons. The molecule has 1 aliphatic carbocycles. The van der Waals surface area contributed by atoms with Crippen molar-refractivity contribution in [1.29, 1.82) is 0 Å². The molecule has 148 valence electrons. The molecule has 1 saturated carbocycles. The Labute approximate surface area is 161 Å². The molecule has 0 spiro atoms. The van der Waals surface area contributed by atoms with Crippen LogP contribution in [-0.4, -0.2) is 47.6 Å². The number of primary amides is 1. The van der Waals surface area contributed by atoms with Crippen LogP contribution in [0.4, 0.5) is 0 Å². The molecule has 1 aromatic rings. The number of fused-ring (bicyclic) bond motifs is 1. The lowest BCUT2D eigenvalue weighted by atomic mass is 9.77. The van der Waals surface area contributed by atoms with Crippen molar-refractivity contribution in [2.45, 2.75) is 57.6 Å². The number of hydrogen-bond acceptors (Lipinski definition) is 4. The molecular weight excluding hydrogens is 342 g/mol. The highest BCUT2D eigenvalue weighted by Gasteiger charge is 2.36. The van der Waals surface area contributed by atoms with Crippen LogP contribution in [-0.2, 0) is 11.2 Å². The second-order valence-corrected chi connectivity index (χ2v) is 7.94. The van der Waals surface area contributed by atoms with Gasteiger partial charge < -0.3 is 21.1 Å². The van der Waals surface area contributed by atoms with Crippen molar-refractivity contribution in [2.75, 3.05) is 19.6 Å². The molecule has 1 aliphatic heterocycles. The number of hydrogen-bond donors (Lipinski definition) is 3. The maximum atomic E-state index is 12.9. The van der Waals surface area contributed by atoms with Crippen LogP contribution in [0.2, 0.25) is 0 Å². The largest absolute Gasteiger partial charge is 0.392 e. The summed E-state index contributed by atoms with van der Waals surface area (Å²) in [5.74, 6) is 0.127. The summed E-state index contributed by atoms with van der Waals surface area (Å²) >= 11 is 0. The summed E-state index contributed by atoms with van der Waals surface area (Å²) in [4.78, 5) is 26.5. The average Bonchev–Trinajstić information content (AvgIpc) is 2.66. The van der Waals surface area contributed by atoms with Crippen LogP contribution < -0.4 is 11.1 Å². The van der Waals surface area contributed by atoms with Gasteiger partial charge in [0.2, 0.25) is 11.8 Å². The van der Waals surface area contributed by atoms with Crippen molar-refractivity contribution in [3.63, 3.8) is 0 Å². The first kappa shape index (κ1) is 19.8. The van der Waals surface area contributed by atoms with E-state index in [-0.39, 0.29) is 18.5 Å². The van der Waals surface area contributed by atoms with Crippen molar-refractivity contribution < 1.29 is 14.7 Å². The van der Waals surface area contributed by atoms with E-state index in [0.717, 1.165) is 24.8 Å². The fraction of sp³-hybridized carbons (Fsp3) is 0.619. The summed E-state index contributed by atoms with van der Waals surface area (Å²) < 4.78 is 0. The molecule has 2 amide bonds. The van der Waals surface area contributed by atoms with E-state index in [2.05, 4.69) is 5.32 Å². The lowest BCUT2D eigenvalue weighted by Crippen LogP contribution is -2.47. The van der Waals surface area contributed by atoms with E-state index in [4.69, 9.17) is 5.73 Å². The fourth-order valence-corrected chi connectivity index (χ4v) is 4.54. The summed E-state index contributed by atoms with van der Waals surface area (Å²) in [7, 11) is 0. The molecule has 3 rings (SSSR count). The van der Waals surface area contributed by atoms with Gasteiger partial charge in [0, 0.05) is 18.7 Å². The highest BCUT2D eigenvalue weighted by atomic mass is 16.3. The van der Waals surface area contributed by atoms with Gasteiger partial charge in [-0.25, -0.2) is 0 Å². The van der Waals surface area contributed by atoms with E-state index in [1.165, 1.54) is 24.8 Å². The molecule has 1 fully saturated rings. The number of carbonyl (C=O) groups is 2. The van der Waals surface area contributed by atoms with E-state index in [1.54, 1.807) is 13.0 Å². The molecule has 4 N–H and O–H groups in total. The molecule has 27 heavy (non-hydrogen) atoms. The molecule has 6 heteroatoms. The third-order valence-electron chi connectivity index (χ3n) is 5.84. The van der Waals surface area contributed by atoms with Gasteiger partial charge >= 0.3 is 0 Å². The number of nitrogens with zero attached hydrogens (tertiary/aromatic N) is 1. The number of nitrogens with two attached hydrogens (primary N) is 1. The van der Waals surface area contributed by atoms with Crippen molar-refractivity contribution in [3.05, 3.63) is 34.9 Å². The lowest BCUT2D eigenvalue weighted by molar-refractivity contribution is -0.134. The normalized spacial score (nSPS) is 21.6. The Kier molecular flexibility index (Phi) is 6.50. The Morgan fingerprint density at radius 3 is 2.70 bits per heavy atom. The van der Waals surface area contributed by atoms with Gasteiger partial charge in [-0.2, -0.15) is 0 Å². The summed E-state index contributed by atoms with van der Waals surface area (Å²) in [6.07, 6.45) is 6.21. The first-order valence-corrected chi connectivity index (χ1v) is 10.1. The van der Waals surface area contributed by atoms with E-state index >= 15 is 0 Å². The Bertz CT molecular complexity index is 683. The Hall–Kier alpha value is -1.92. The molecule has 2 atom stereocenters. The SMILES string of the molecule is C[C@@H](O)CNCC(=O)N1CCc2cc(C(N)=O)ccc2C1C1CCCCC1. The Morgan fingerprint density at radius 2 is 2.04 bits per heavy atom. The molecular formula is C21H31N3O3. The topological polar surface area (TPSA) is 95.7 Å². The number of nitrogens with one attached hydrogen (secondary N) is 1. The second kappa shape index (κ2) is 8.85. The molecule has 0 bridgehead atoms. The van der Waals surface area contributed by atoms with Crippen LogP contribution in [0.5, 0.6) is 0 Å². The first-order valence-electron chi connectivity index (χ1n) is 10.1. The minimum atomic E-state index is -0.471. The van der Waals surface area contributed by atoms with Gasteiger partial charge in [0.1, 0.15) is 0 Å². The second-order valence-electron chi connectivity index (χ2n) is 7.94. The molecule has 2 aliphatic rings. The minimum Gasteiger partial charge on any atom is -0.392 e. The molecule has 0 saturated heterocycles. The Morgan fingerprint density at radius 1 is 1.30 bits per heavy atom. The summed E-state index contributed by atoms with van der Waals surface area (Å²) in [5.41, 5.74) is 8.29. The van der Waals surface area contributed by atoms with Crippen LogP contribution in [0.15, 0.2) is 18.2 Å². The van der Waals surface area contributed by atoms with Crippen molar-refractivity contribution >= 4 is 11.8 Å². The molecule has 6 nitrogen and oxygen atoms in total. The van der Waals surface area contributed by atoms with Crippen molar-refractivity contribution in [3.8, 4) is 0 Å². The number of aliphatic hydroxyl groups excluding tert-OH is 1. The van der Waals surface area contributed by atoms with Crippen LogP contribution in [0, 0.1) is 5.92 Å². The van der Waals surface area contributed by atoms with Gasteiger partial charge in [-0.15, -0.1) is 0 Å². The van der Waals surface area contributed by atoms with Gasteiger partial charge in [0.25, 0.3) is 0 Å². The van der Waals surface area contributed by atoms with Crippen LogP contribution in [0.3, 0.4) is 0 Å². The van der Waals surface area contributed by atoms with E-state index < -0.39 is 12.0 Å². The van der Waals surface area contributed by atoms with Gasteiger partial charge in [-0.05, 0) is 55.4 Å². The molecule has 1 aromatic carbocycles. The zero-order valence-electron chi connectivity index (χ0n) is 16.1. The predicted molar refractivity (Wildman–Crippen MR) is 104 cm³/mol. The quantitative estimate of drug-likeness (QED) is 0.708. The molecule has 0 aromatic heterocycles. The highest BCUT2D eigenvalue weighted by molar-refractivity contribution is 5.93.